The van der Waals surface area contributed by atoms with Gasteiger partial charge in [0.2, 0.25) is 0 Å². The second-order valence-electron chi connectivity index (χ2n) is 17.9. The van der Waals surface area contributed by atoms with E-state index in [4.69, 9.17) is 14.6 Å². The predicted molar refractivity (Wildman–Crippen MR) is 258 cm³/mol. The Bertz CT molecular complexity index is 1070. The summed E-state index contributed by atoms with van der Waals surface area (Å²) in [6, 6.07) is 0. The number of rotatable bonds is 47. The molecule has 0 bridgehead atoms. The van der Waals surface area contributed by atoms with Crippen LogP contribution in [-0.2, 0) is 23.9 Å². The lowest BCUT2D eigenvalue weighted by molar-refractivity contribution is -0.150. The maximum absolute atomic E-state index is 12.7. The van der Waals surface area contributed by atoms with Crippen molar-refractivity contribution >= 4 is 17.9 Å². The van der Waals surface area contributed by atoms with Crippen molar-refractivity contribution < 1.29 is 34.1 Å². The molecule has 0 amide bonds. The molecule has 0 aromatic heterocycles. The van der Waals surface area contributed by atoms with Crippen LogP contribution in [-0.4, -0.2) is 46.4 Å². The highest BCUT2D eigenvalue weighted by Crippen LogP contribution is 2.18. The van der Waals surface area contributed by atoms with Crippen LogP contribution in [0, 0.1) is 0 Å². The molecule has 0 aromatic rings. The molecular formula is C54H98O7. The number of aliphatic carboxylic acids is 1. The molecule has 2 N–H and O–H groups in total. The van der Waals surface area contributed by atoms with E-state index in [0.717, 1.165) is 161 Å². The highest BCUT2D eigenvalue weighted by atomic mass is 16.5. The van der Waals surface area contributed by atoms with Gasteiger partial charge < -0.3 is 19.7 Å². The van der Waals surface area contributed by atoms with Crippen molar-refractivity contribution in [3.05, 3.63) is 36.5 Å². The smallest absolute Gasteiger partial charge is 0.306 e. The topological polar surface area (TPSA) is 110 Å². The molecule has 0 saturated heterocycles. The number of carboxylic acids is 1. The zero-order valence-electron chi connectivity index (χ0n) is 40.2. The average molecular weight is 859 g/mol. The van der Waals surface area contributed by atoms with Gasteiger partial charge in [0.05, 0.1) is 6.10 Å². The molecule has 0 saturated carbocycles. The zero-order valence-corrected chi connectivity index (χ0v) is 40.2. The fourth-order valence-corrected chi connectivity index (χ4v) is 7.76. The maximum Gasteiger partial charge on any atom is 0.306 e. The molecular weight excluding hydrogens is 761 g/mol. The van der Waals surface area contributed by atoms with Crippen LogP contribution in [0.25, 0.3) is 0 Å². The fourth-order valence-electron chi connectivity index (χ4n) is 7.76. The summed E-state index contributed by atoms with van der Waals surface area (Å²) in [4.78, 5) is 36.1. The van der Waals surface area contributed by atoms with Crippen molar-refractivity contribution in [2.45, 2.75) is 289 Å². The molecule has 3 unspecified atom stereocenters. The van der Waals surface area contributed by atoms with Gasteiger partial charge in [0.15, 0.2) is 0 Å². The minimum absolute atomic E-state index is 0.0202. The number of carboxylic acid groups (broad SMARTS) is 1. The number of aliphatic hydroxyl groups is 1. The van der Waals surface area contributed by atoms with Crippen LogP contribution in [0.1, 0.15) is 271 Å². The summed E-state index contributed by atoms with van der Waals surface area (Å²) in [7, 11) is 0. The van der Waals surface area contributed by atoms with Gasteiger partial charge in [0, 0.05) is 32.1 Å². The van der Waals surface area contributed by atoms with E-state index >= 15 is 0 Å². The molecule has 7 heteroatoms. The van der Waals surface area contributed by atoms with Gasteiger partial charge in [-0.1, -0.05) is 179 Å². The summed E-state index contributed by atoms with van der Waals surface area (Å²) in [6.45, 7) is 6.65. The second-order valence-corrected chi connectivity index (χ2v) is 17.9. The second kappa shape index (κ2) is 47.1. The minimum atomic E-state index is -0.705. The largest absolute Gasteiger partial charge is 0.481 e. The van der Waals surface area contributed by atoms with E-state index in [1.807, 2.05) is 0 Å². The van der Waals surface area contributed by atoms with E-state index in [1.54, 1.807) is 0 Å². The van der Waals surface area contributed by atoms with E-state index < -0.39 is 5.97 Å². The van der Waals surface area contributed by atoms with E-state index in [9.17, 15) is 19.5 Å². The molecule has 0 rings (SSSR count). The Morgan fingerprint density at radius 2 is 0.721 bits per heavy atom. The van der Waals surface area contributed by atoms with E-state index in [2.05, 4.69) is 57.2 Å². The summed E-state index contributed by atoms with van der Waals surface area (Å²) in [5.41, 5.74) is 0. The number of ether oxygens (including phenoxy) is 2. The molecule has 0 radical (unpaired) electrons. The molecule has 0 aliphatic carbocycles. The van der Waals surface area contributed by atoms with Gasteiger partial charge in [0.1, 0.15) is 12.2 Å². The fraction of sp³-hybridized carbons (Fsp3) is 0.833. The highest BCUT2D eigenvalue weighted by Gasteiger charge is 2.14. The molecule has 0 fully saturated rings. The highest BCUT2D eigenvalue weighted by molar-refractivity contribution is 5.69. The molecule has 3 atom stereocenters. The van der Waals surface area contributed by atoms with Crippen molar-refractivity contribution in [2.75, 3.05) is 0 Å². The van der Waals surface area contributed by atoms with Crippen LogP contribution < -0.4 is 0 Å². The average Bonchev–Trinajstić information content (AvgIpc) is 3.24. The number of hydrogen-bond donors (Lipinski definition) is 2. The van der Waals surface area contributed by atoms with Crippen LogP contribution in [0.5, 0.6) is 0 Å². The monoisotopic (exact) mass is 859 g/mol. The number of unbranched alkanes of at least 4 members (excludes halogenated alkanes) is 24. The number of allylic oxidation sites excluding steroid dienone is 3. The molecule has 0 aromatic carbocycles. The summed E-state index contributed by atoms with van der Waals surface area (Å²) >= 11 is 0. The summed E-state index contributed by atoms with van der Waals surface area (Å²) in [5, 5.41) is 18.9. The van der Waals surface area contributed by atoms with Crippen LogP contribution in [0.2, 0.25) is 0 Å². The van der Waals surface area contributed by atoms with Gasteiger partial charge in [-0.3, -0.25) is 14.4 Å². The van der Waals surface area contributed by atoms with Crippen molar-refractivity contribution in [1.29, 1.82) is 0 Å². The first-order valence-electron chi connectivity index (χ1n) is 26.1. The van der Waals surface area contributed by atoms with Crippen molar-refractivity contribution in [3.8, 4) is 0 Å². The van der Waals surface area contributed by atoms with Crippen molar-refractivity contribution in [3.63, 3.8) is 0 Å². The van der Waals surface area contributed by atoms with Gasteiger partial charge in [-0.05, 0) is 96.3 Å². The van der Waals surface area contributed by atoms with Gasteiger partial charge in [-0.15, -0.1) is 0 Å². The molecule has 0 spiro atoms. The third kappa shape index (κ3) is 45.4. The summed E-state index contributed by atoms with van der Waals surface area (Å²) < 4.78 is 11.9. The Kier molecular flexibility index (Phi) is 45.2. The minimum Gasteiger partial charge on any atom is -0.481 e. The number of esters is 2. The lowest BCUT2D eigenvalue weighted by Gasteiger charge is -2.17. The SMILES string of the molecule is CCCCCCC(O)C/C=C/CCCCCCCC(=O)OC(C/C=C/CCCCCCCC(=O)OC(C/C=C/CCCCCCCC(=O)O)CCCCCC)CCCCCC. The molecule has 7 nitrogen and oxygen atoms in total. The third-order valence-corrected chi connectivity index (χ3v) is 11.7. The van der Waals surface area contributed by atoms with E-state index in [-0.39, 0.29) is 36.7 Å². The maximum atomic E-state index is 12.7. The van der Waals surface area contributed by atoms with Crippen LogP contribution in [0.3, 0.4) is 0 Å². The molecule has 0 aliphatic heterocycles. The molecule has 61 heavy (non-hydrogen) atoms. The number of aliphatic hydroxyl groups excluding tert-OH is 1. The van der Waals surface area contributed by atoms with Gasteiger partial charge in [-0.2, -0.15) is 0 Å². The first-order chi connectivity index (χ1) is 29.8. The Labute approximate surface area is 376 Å². The Morgan fingerprint density at radius 1 is 0.393 bits per heavy atom. The number of carbonyl (C=O) groups excluding carboxylic acids is 2. The first-order valence-corrected chi connectivity index (χ1v) is 26.1. The van der Waals surface area contributed by atoms with Gasteiger partial charge in [-0.25, -0.2) is 0 Å². The Hall–Kier alpha value is -2.41. The van der Waals surface area contributed by atoms with E-state index in [1.165, 1.54) is 70.6 Å². The van der Waals surface area contributed by atoms with Crippen molar-refractivity contribution in [1.82, 2.24) is 0 Å². The molecule has 0 aliphatic rings. The standard InChI is InChI=1S/C54H98O7/c1-4-7-10-31-40-49(55)41-32-25-19-13-17-23-29-38-47-53(58)61-51(43-34-12-9-6-3)45-36-27-21-15-18-24-30-39-48-54(59)60-50(42-33-11-8-5-2)44-35-26-20-14-16-22-28-37-46-52(56)57/h25-27,32,35-36,49-51,55H,4-24,28-31,33-34,37-48H2,1-3H3,(H,56,57)/b32-25+,35-26+,36-27+. The predicted octanol–water partition coefficient (Wildman–Crippen LogP) is 16.2. The zero-order chi connectivity index (χ0) is 44.7. The van der Waals surface area contributed by atoms with E-state index in [0.29, 0.717) is 12.8 Å². The number of carbonyl (C=O) groups is 3. The van der Waals surface area contributed by atoms with Gasteiger partial charge >= 0.3 is 17.9 Å². The number of hydrogen-bond acceptors (Lipinski definition) is 6. The third-order valence-electron chi connectivity index (χ3n) is 11.7. The Morgan fingerprint density at radius 3 is 1.11 bits per heavy atom. The van der Waals surface area contributed by atoms with Crippen LogP contribution in [0.15, 0.2) is 36.5 Å². The van der Waals surface area contributed by atoms with Crippen LogP contribution in [0.4, 0.5) is 0 Å². The lowest BCUT2D eigenvalue weighted by atomic mass is 10.0. The quantitative estimate of drug-likeness (QED) is 0.0356. The summed E-state index contributed by atoms with van der Waals surface area (Å²) in [6.07, 6.45) is 52.8. The first kappa shape index (κ1) is 58.6. The molecule has 0 heterocycles. The molecule has 356 valence electrons. The van der Waals surface area contributed by atoms with Gasteiger partial charge in [0.25, 0.3) is 0 Å². The summed E-state index contributed by atoms with van der Waals surface area (Å²) in [5.74, 6) is -0.803. The van der Waals surface area contributed by atoms with Crippen LogP contribution >= 0.6 is 0 Å². The van der Waals surface area contributed by atoms with Crippen molar-refractivity contribution in [2.24, 2.45) is 0 Å². The Balaban J connectivity index is 4.25. The normalized spacial score (nSPS) is 13.4. The lowest BCUT2D eigenvalue weighted by Crippen LogP contribution is -2.17.